The molecule has 0 radical (unpaired) electrons. The van der Waals surface area contributed by atoms with E-state index in [-0.39, 0.29) is 17.6 Å². The maximum absolute atomic E-state index is 12.8. The third kappa shape index (κ3) is 4.56. The van der Waals surface area contributed by atoms with Crippen LogP contribution in [0.2, 0.25) is 0 Å². The summed E-state index contributed by atoms with van der Waals surface area (Å²) in [5.41, 5.74) is 2.88. The number of fused-ring (bicyclic) bond motifs is 1. The predicted octanol–water partition coefficient (Wildman–Crippen LogP) is 5.32. The van der Waals surface area contributed by atoms with Gasteiger partial charge in [-0.05, 0) is 45.1 Å². The van der Waals surface area contributed by atoms with Crippen molar-refractivity contribution in [1.82, 2.24) is 9.97 Å². The molecular formula is C22H24N2O3S2. The van der Waals surface area contributed by atoms with Gasteiger partial charge in [0.1, 0.15) is 16.2 Å². The van der Waals surface area contributed by atoms with E-state index in [9.17, 15) is 9.59 Å². The number of carbonyl (C=O) groups is 1. The number of nitrogens with zero attached hydrogens (tertiary/aromatic N) is 1. The van der Waals surface area contributed by atoms with Gasteiger partial charge in [0.05, 0.1) is 5.39 Å². The number of esters is 1. The highest BCUT2D eigenvalue weighted by molar-refractivity contribution is 8.00. The average Bonchev–Trinajstić information content (AvgIpc) is 3.14. The van der Waals surface area contributed by atoms with Gasteiger partial charge in [-0.2, -0.15) is 0 Å². The fourth-order valence-corrected chi connectivity index (χ4v) is 5.38. The Morgan fingerprint density at radius 2 is 1.97 bits per heavy atom. The van der Waals surface area contributed by atoms with Crippen LogP contribution in [0.3, 0.4) is 0 Å². The smallest absolute Gasteiger partial charge is 0.319 e. The van der Waals surface area contributed by atoms with E-state index in [1.165, 1.54) is 35.1 Å². The topological polar surface area (TPSA) is 72.0 Å². The van der Waals surface area contributed by atoms with Crippen molar-refractivity contribution in [2.75, 3.05) is 0 Å². The number of aromatic amines is 1. The van der Waals surface area contributed by atoms with Crippen molar-refractivity contribution in [1.29, 1.82) is 0 Å². The summed E-state index contributed by atoms with van der Waals surface area (Å²) in [4.78, 5) is 33.3. The van der Waals surface area contributed by atoms with Crippen LogP contribution in [0.25, 0.3) is 21.3 Å². The molecule has 2 aromatic heterocycles. The first kappa shape index (κ1) is 20.2. The van der Waals surface area contributed by atoms with Crippen molar-refractivity contribution in [3.63, 3.8) is 0 Å². The van der Waals surface area contributed by atoms with Crippen LogP contribution in [-0.2, 0) is 9.53 Å². The molecule has 0 aliphatic heterocycles. The number of carbonyl (C=O) groups excluding carboxylic acids is 1. The first-order valence-electron chi connectivity index (χ1n) is 9.97. The van der Waals surface area contributed by atoms with Crippen LogP contribution >= 0.6 is 23.1 Å². The SMILES string of the molecule is Cc1ccc(-c2csc3nc(SC(C)C(=O)OC4CCCCC4)[nH]c(=O)c23)cc1. The van der Waals surface area contributed by atoms with Gasteiger partial charge < -0.3 is 9.72 Å². The fraction of sp³-hybridized carbons (Fsp3) is 0.409. The molecule has 0 spiro atoms. The minimum Gasteiger partial charge on any atom is -0.462 e. The number of nitrogens with one attached hydrogen (secondary N) is 1. The van der Waals surface area contributed by atoms with E-state index < -0.39 is 5.25 Å². The van der Waals surface area contributed by atoms with Gasteiger partial charge in [0.15, 0.2) is 5.16 Å². The molecule has 1 atom stereocenters. The van der Waals surface area contributed by atoms with Crippen molar-refractivity contribution in [3.8, 4) is 11.1 Å². The van der Waals surface area contributed by atoms with E-state index in [2.05, 4.69) is 9.97 Å². The average molecular weight is 429 g/mol. The summed E-state index contributed by atoms with van der Waals surface area (Å²) in [5, 5.41) is 2.59. The van der Waals surface area contributed by atoms with Gasteiger partial charge in [-0.1, -0.05) is 48.0 Å². The Hall–Kier alpha value is -2.12. The Bertz CT molecular complexity index is 1070. The Labute approximate surface area is 177 Å². The molecule has 7 heteroatoms. The molecule has 5 nitrogen and oxygen atoms in total. The minimum atomic E-state index is -0.422. The molecule has 1 saturated carbocycles. The van der Waals surface area contributed by atoms with Crippen LogP contribution in [0.4, 0.5) is 0 Å². The quantitative estimate of drug-likeness (QED) is 0.338. The molecule has 1 unspecified atom stereocenters. The number of H-pyrrole nitrogens is 1. The fourth-order valence-electron chi connectivity index (χ4n) is 3.59. The van der Waals surface area contributed by atoms with Gasteiger partial charge in [0.25, 0.3) is 5.56 Å². The molecular weight excluding hydrogens is 404 g/mol. The van der Waals surface area contributed by atoms with Gasteiger partial charge in [-0.3, -0.25) is 9.59 Å². The van der Waals surface area contributed by atoms with E-state index in [1.54, 1.807) is 6.92 Å². The maximum atomic E-state index is 12.8. The summed E-state index contributed by atoms with van der Waals surface area (Å²) in [6.45, 7) is 3.83. The van der Waals surface area contributed by atoms with Gasteiger partial charge in [-0.15, -0.1) is 11.3 Å². The number of hydrogen-bond acceptors (Lipinski definition) is 6. The summed E-state index contributed by atoms with van der Waals surface area (Å²) >= 11 is 2.69. The van der Waals surface area contributed by atoms with E-state index in [4.69, 9.17) is 4.74 Å². The molecule has 0 bridgehead atoms. The maximum Gasteiger partial charge on any atom is 0.319 e. The van der Waals surface area contributed by atoms with E-state index in [0.717, 1.165) is 36.8 Å². The zero-order valence-electron chi connectivity index (χ0n) is 16.6. The Morgan fingerprint density at radius 1 is 1.24 bits per heavy atom. The third-order valence-corrected chi connectivity index (χ3v) is 7.07. The highest BCUT2D eigenvalue weighted by Crippen LogP contribution is 2.32. The number of aryl methyl sites for hydroxylation is 1. The van der Waals surface area contributed by atoms with Crippen LogP contribution in [0.5, 0.6) is 0 Å². The zero-order chi connectivity index (χ0) is 20.4. The molecule has 1 aliphatic rings. The van der Waals surface area contributed by atoms with Crippen molar-refractivity contribution < 1.29 is 9.53 Å². The lowest BCUT2D eigenvalue weighted by atomic mass is 9.98. The predicted molar refractivity (Wildman–Crippen MR) is 119 cm³/mol. The highest BCUT2D eigenvalue weighted by atomic mass is 32.2. The zero-order valence-corrected chi connectivity index (χ0v) is 18.2. The molecule has 0 saturated heterocycles. The first-order chi connectivity index (χ1) is 14.0. The summed E-state index contributed by atoms with van der Waals surface area (Å²) in [6.07, 6.45) is 5.37. The van der Waals surface area contributed by atoms with Crippen LogP contribution < -0.4 is 5.56 Å². The lowest BCUT2D eigenvalue weighted by Crippen LogP contribution is -2.26. The van der Waals surface area contributed by atoms with Crippen LogP contribution in [-0.4, -0.2) is 27.3 Å². The van der Waals surface area contributed by atoms with Gasteiger partial charge in [-0.25, -0.2) is 4.98 Å². The summed E-state index contributed by atoms with van der Waals surface area (Å²) in [6, 6.07) is 8.10. The molecule has 3 aromatic rings. The number of benzene rings is 1. The summed E-state index contributed by atoms with van der Waals surface area (Å²) in [7, 11) is 0. The second kappa shape index (κ2) is 8.71. The molecule has 1 aliphatic carbocycles. The second-order valence-corrected chi connectivity index (χ2v) is 9.71. The standard InChI is InChI=1S/C22H24N2O3S2/c1-13-8-10-15(11-9-13)17-12-28-20-18(17)19(25)23-22(24-20)29-14(2)21(26)27-16-6-4-3-5-7-16/h8-12,14,16H,3-7H2,1-2H3,(H,23,24,25). The largest absolute Gasteiger partial charge is 0.462 e. The Balaban J connectivity index is 1.52. The number of thioether (sulfide) groups is 1. The summed E-state index contributed by atoms with van der Waals surface area (Å²) in [5.74, 6) is -0.240. The van der Waals surface area contributed by atoms with E-state index in [1.807, 2.05) is 36.6 Å². The van der Waals surface area contributed by atoms with Gasteiger partial charge >= 0.3 is 5.97 Å². The van der Waals surface area contributed by atoms with Crippen LogP contribution in [0, 0.1) is 6.92 Å². The lowest BCUT2D eigenvalue weighted by Gasteiger charge is -2.23. The molecule has 29 heavy (non-hydrogen) atoms. The lowest BCUT2D eigenvalue weighted by molar-refractivity contribution is -0.149. The highest BCUT2D eigenvalue weighted by Gasteiger charge is 2.23. The molecule has 2 heterocycles. The molecule has 152 valence electrons. The number of thiophene rings is 1. The van der Waals surface area contributed by atoms with Crippen molar-refractivity contribution in [2.45, 2.75) is 62.5 Å². The monoisotopic (exact) mass is 428 g/mol. The van der Waals surface area contributed by atoms with Crippen molar-refractivity contribution in [2.24, 2.45) is 0 Å². The minimum absolute atomic E-state index is 0.0307. The van der Waals surface area contributed by atoms with E-state index in [0.29, 0.717) is 15.4 Å². The molecule has 0 amide bonds. The number of rotatable bonds is 5. The number of ether oxygens (including phenoxy) is 1. The van der Waals surface area contributed by atoms with Crippen molar-refractivity contribution in [3.05, 3.63) is 45.6 Å². The van der Waals surface area contributed by atoms with Gasteiger partial charge in [0, 0.05) is 10.9 Å². The third-order valence-electron chi connectivity index (χ3n) is 5.24. The normalized spacial score (nSPS) is 16.1. The van der Waals surface area contributed by atoms with Crippen LogP contribution in [0.1, 0.15) is 44.6 Å². The first-order valence-corrected chi connectivity index (χ1v) is 11.7. The Morgan fingerprint density at radius 3 is 2.69 bits per heavy atom. The van der Waals surface area contributed by atoms with Gasteiger partial charge in [0.2, 0.25) is 0 Å². The van der Waals surface area contributed by atoms with Crippen molar-refractivity contribution >= 4 is 39.3 Å². The molecule has 4 rings (SSSR count). The van der Waals surface area contributed by atoms with Crippen LogP contribution in [0.15, 0.2) is 39.6 Å². The second-order valence-electron chi connectivity index (χ2n) is 7.52. The number of hydrogen-bond donors (Lipinski definition) is 1. The van der Waals surface area contributed by atoms with E-state index >= 15 is 0 Å². The molecule has 1 fully saturated rings. The molecule has 1 aromatic carbocycles. The summed E-state index contributed by atoms with van der Waals surface area (Å²) < 4.78 is 5.64. The number of aromatic nitrogens is 2. The molecule has 1 N–H and O–H groups in total. The Kier molecular flexibility index (Phi) is 6.06.